The summed E-state index contributed by atoms with van der Waals surface area (Å²) < 4.78 is 11.2. The highest BCUT2D eigenvalue weighted by Crippen LogP contribution is 2.04. The van der Waals surface area contributed by atoms with Crippen LogP contribution in [0, 0.1) is 0 Å². The molecule has 1 aromatic heterocycles. The predicted octanol–water partition coefficient (Wildman–Crippen LogP) is -0.249. The average molecular weight is 286 g/mol. The van der Waals surface area contributed by atoms with Crippen LogP contribution in [0.1, 0.15) is 0 Å². The number of ether oxygens (including phenoxy) is 2. The second-order valence-electron chi connectivity index (χ2n) is 3.97. The predicted molar refractivity (Wildman–Crippen MR) is 69.6 cm³/mol. The van der Waals surface area contributed by atoms with Crippen LogP contribution in [0.5, 0.6) is 0 Å². The Morgan fingerprint density at radius 1 is 1.50 bits per heavy atom. The number of anilines is 1. The van der Waals surface area contributed by atoms with Crippen molar-refractivity contribution in [1.82, 2.24) is 15.1 Å². The van der Waals surface area contributed by atoms with Crippen LogP contribution in [0.25, 0.3) is 0 Å². The number of amides is 2. The summed E-state index contributed by atoms with van der Waals surface area (Å²) in [6.07, 6.45) is 2.56. The summed E-state index contributed by atoms with van der Waals surface area (Å²) in [6.45, 7) is 0.398. The number of hydrogen-bond donors (Lipinski definition) is 3. The van der Waals surface area contributed by atoms with Gasteiger partial charge in [-0.15, -0.1) is 0 Å². The quantitative estimate of drug-likeness (QED) is 0.607. The molecule has 1 rings (SSSR count). The van der Waals surface area contributed by atoms with Crippen molar-refractivity contribution in [3.8, 4) is 0 Å². The molecule has 20 heavy (non-hydrogen) atoms. The van der Waals surface area contributed by atoms with Gasteiger partial charge in [0.05, 0.1) is 24.6 Å². The van der Waals surface area contributed by atoms with Gasteiger partial charge in [0.2, 0.25) is 0 Å². The number of urea groups is 1. The Bertz CT molecular complexity index is 448. The molecule has 0 fully saturated rings. The first-order chi connectivity index (χ1) is 9.55. The Kier molecular flexibility index (Phi) is 6.47. The van der Waals surface area contributed by atoms with Crippen LogP contribution in [0.15, 0.2) is 12.4 Å². The van der Waals surface area contributed by atoms with Crippen LogP contribution < -0.4 is 10.6 Å². The van der Waals surface area contributed by atoms with Crippen LogP contribution in [0.3, 0.4) is 0 Å². The first-order valence-electron chi connectivity index (χ1n) is 5.86. The summed E-state index contributed by atoms with van der Waals surface area (Å²) in [4.78, 5) is 22.1. The number of aliphatic carboxylic acids is 1. The Morgan fingerprint density at radius 2 is 2.25 bits per heavy atom. The van der Waals surface area contributed by atoms with E-state index in [2.05, 4.69) is 15.7 Å². The van der Waals surface area contributed by atoms with Gasteiger partial charge in [0.25, 0.3) is 0 Å². The topological polar surface area (TPSA) is 115 Å². The number of aromatic nitrogens is 2. The maximum atomic E-state index is 11.6. The zero-order chi connectivity index (χ0) is 15.0. The first kappa shape index (κ1) is 15.9. The second-order valence-corrected chi connectivity index (χ2v) is 3.97. The van der Waals surface area contributed by atoms with E-state index >= 15 is 0 Å². The zero-order valence-corrected chi connectivity index (χ0v) is 11.3. The van der Waals surface area contributed by atoms with E-state index < -0.39 is 12.0 Å². The summed E-state index contributed by atoms with van der Waals surface area (Å²) >= 11 is 0. The van der Waals surface area contributed by atoms with Gasteiger partial charge >= 0.3 is 12.0 Å². The summed E-state index contributed by atoms with van der Waals surface area (Å²) in [5, 5.41) is 17.5. The van der Waals surface area contributed by atoms with Gasteiger partial charge in [0, 0.05) is 27.0 Å². The lowest BCUT2D eigenvalue weighted by Gasteiger charge is -2.14. The normalized spacial score (nSPS) is 11.9. The van der Waals surface area contributed by atoms with E-state index in [9.17, 15) is 9.59 Å². The zero-order valence-electron chi connectivity index (χ0n) is 11.3. The maximum Gasteiger partial charge on any atom is 0.325 e. The number of methoxy groups -OCH3 is 2. The fourth-order valence-corrected chi connectivity index (χ4v) is 1.43. The number of nitrogens with zero attached hydrogens (tertiary/aromatic N) is 2. The minimum Gasteiger partial charge on any atom is -0.480 e. The summed E-state index contributed by atoms with van der Waals surface area (Å²) in [6, 6.07) is -0.432. The number of nitrogens with one attached hydrogen (secondary N) is 2. The smallest absolute Gasteiger partial charge is 0.325 e. The molecule has 0 aromatic carbocycles. The van der Waals surface area contributed by atoms with Gasteiger partial charge in [0.1, 0.15) is 6.54 Å². The van der Waals surface area contributed by atoms with Crippen molar-refractivity contribution in [3.63, 3.8) is 0 Å². The summed E-state index contributed by atoms with van der Waals surface area (Å²) in [5.74, 6) is -1.01. The first-order valence-corrected chi connectivity index (χ1v) is 5.86. The highest BCUT2D eigenvalue weighted by molar-refractivity contribution is 5.88. The lowest BCUT2D eigenvalue weighted by molar-refractivity contribution is -0.137. The lowest BCUT2D eigenvalue weighted by atomic mass is 10.4. The summed E-state index contributed by atoms with van der Waals surface area (Å²) in [5.41, 5.74) is 0.407. The third-order valence-corrected chi connectivity index (χ3v) is 2.36. The molecule has 1 atom stereocenters. The van der Waals surface area contributed by atoms with Crippen LogP contribution >= 0.6 is 0 Å². The van der Waals surface area contributed by atoms with Crippen molar-refractivity contribution in [2.45, 2.75) is 12.6 Å². The molecule has 0 radical (unpaired) electrons. The lowest BCUT2D eigenvalue weighted by Crippen LogP contribution is -2.37. The molecule has 1 heterocycles. The van der Waals surface area contributed by atoms with Gasteiger partial charge in [-0.05, 0) is 0 Å². The van der Waals surface area contributed by atoms with E-state index in [-0.39, 0.29) is 12.6 Å². The third-order valence-electron chi connectivity index (χ3n) is 2.36. The largest absolute Gasteiger partial charge is 0.480 e. The molecular formula is C11H18N4O5. The van der Waals surface area contributed by atoms with Gasteiger partial charge in [-0.25, -0.2) is 4.79 Å². The molecule has 1 unspecified atom stereocenters. The van der Waals surface area contributed by atoms with Crippen molar-refractivity contribution in [3.05, 3.63) is 12.4 Å². The molecule has 0 bridgehead atoms. The van der Waals surface area contributed by atoms with Gasteiger partial charge in [-0.3, -0.25) is 9.48 Å². The summed E-state index contributed by atoms with van der Waals surface area (Å²) in [7, 11) is 3.07. The van der Waals surface area contributed by atoms with Crippen LogP contribution in [-0.2, 0) is 20.8 Å². The number of rotatable bonds is 8. The van der Waals surface area contributed by atoms with E-state index in [4.69, 9.17) is 14.6 Å². The van der Waals surface area contributed by atoms with E-state index in [0.29, 0.717) is 18.8 Å². The van der Waals surface area contributed by atoms with Crippen molar-refractivity contribution < 1.29 is 24.2 Å². The van der Waals surface area contributed by atoms with Crippen molar-refractivity contribution >= 4 is 17.7 Å². The monoisotopic (exact) mass is 286 g/mol. The van der Waals surface area contributed by atoms with Gasteiger partial charge in [-0.1, -0.05) is 0 Å². The molecule has 1 aromatic rings. The number of carboxylic acids is 1. The fraction of sp³-hybridized carbons (Fsp3) is 0.545. The molecule has 9 nitrogen and oxygen atoms in total. The molecule has 0 saturated carbocycles. The minimum atomic E-state index is -1.01. The molecule has 0 aliphatic heterocycles. The average Bonchev–Trinajstić information content (AvgIpc) is 2.80. The second kappa shape index (κ2) is 8.12. The highest BCUT2D eigenvalue weighted by Gasteiger charge is 2.10. The van der Waals surface area contributed by atoms with Crippen molar-refractivity contribution in [2.75, 3.05) is 32.7 Å². The molecule has 0 aliphatic carbocycles. The van der Waals surface area contributed by atoms with E-state index in [1.54, 1.807) is 7.11 Å². The minimum absolute atomic E-state index is 0.236. The van der Waals surface area contributed by atoms with E-state index in [1.165, 1.54) is 24.2 Å². The van der Waals surface area contributed by atoms with E-state index in [0.717, 1.165) is 0 Å². The molecule has 2 amide bonds. The molecular weight excluding hydrogens is 268 g/mol. The van der Waals surface area contributed by atoms with Crippen LogP contribution in [0.4, 0.5) is 10.5 Å². The Morgan fingerprint density at radius 3 is 2.85 bits per heavy atom. The van der Waals surface area contributed by atoms with Crippen LogP contribution in [0.2, 0.25) is 0 Å². The number of carbonyl (C=O) groups excluding carboxylic acids is 1. The van der Waals surface area contributed by atoms with Crippen molar-refractivity contribution in [1.29, 1.82) is 0 Å². The Hall–Kier alpha value is -2.13. The maximum absolute atomic E-state index is 11.6. The Labute approximate surface area is 115 Å². The third kappa shape index (κ3) is 5.67. The fourth-order valence-electron chi connectivity index (χ4n) is 1.43. The number of hydrogen-bond acceptors (Lipinski definition) is 5. The molecule has 112 valence electrons. The van der Waals surface area contributed by atoms with E-state index in [1.807, 2.05) is 0 Å². The van der Waals surface area contributed by atoms with Crippen molar-refractivity contribution in [2.24, 2.45) is 0 Å². The Balaban J connectivity index is 2.38. The molecule has 9 heteroatoms. The molecule has 3 N–H and O–H groups in total. The molecule has 0 spiro atoms. The highest BCUT2D eigenvalue weighted by atomic mass is 16.5. The molecule has 0 saturated heterocycles. The number of carbonyl (C=O) groups is 2. The van der Waals surface area contributed by atoms with Gasteiger partial charge < -0.3 is 25.2 Å². The van der Waals surface area contributed by atoms with Gasteiger partial charge in [0.15, 0.2) is 0 Å². The standard InChI is InChI=1S/C11H18N4O5/c1-19-7-9(20-2)4-12-11(18)14-8-3-13-15(5-8)6-10(16)17/h3,5,9H,4,6-7H2,1-2H3,(H,16,17)(H2,12,14,18). The SMILES string of the molecule is COCC(CNC(=O)Nc1cnn(CC(=O)O)c1)OC. The van der Waals surface area contributed by atoms with Crippen LogP contribution in [-0.4, -0.2) is 60.4 Å². The van der Waals surface area contributed by atoms with Gasteiger partial charge in [-0.2, -0.15) is 5.10 Å². The number of carboxylic acid groups (broad SMARTS) is 1. The molecule has 0 aliphatic rings.